The first-order valence-corrected chi connectivity index (χ1v) is 9.85. The van der Waals surface area contributed by atoms with Crippen LogP contribution >= 0.6 is 0 Å². The highest BCUT2D eigenvalue weighted by Crippen LogP contribution is 2.21. The average Bonchev–Trinajstić information content (AvgIpc) is 3.00. The number of benzene rings is 1. The lowest BCUT2D eigenvalue weighted by Gasteiger charge is -2.23. The largest absolute Gasteiger partial charge is 0.343 e. The molecule has 0 saturated carbocycles. The normalized spacial score (nSPS) is 22.5. The first-order valence-electron chi connectivity index (χ1n) is 9.85. The Balaban J connectivity index is 1.37. The molecule has 0 N–H and O–H groups in total. The summed E-state index contributed by atoms with van der Waals surface area (Å²) in [6, 6.07) is 10.5. The van der Waals surface area contributed by atoms with Gasteiger partial charge in [-0.1, -0.05) is 30.3 Å². The molecule has 3 heteroatoms. The summed E-state index contributed by atoms with van der Waals surface area (Å²) in [7, 11) is 0. The van der Waals surface area contributed by atoms with Gasteiger partial charge in [-0.25, -0.2) is 0 Å². The minimum Gasteiger partial charge on any atom is -0.343 e. The molecule has 2 aliphatic rings. The number of rotatable bonds is 6. The number of hydrogen-bond acceptors (Lipinski definition) is 2. The number of likely N-dealkylation sites (tertiary alicyclic amines) is 2. The van der Waals surface area contributed by atoms with Crippen LogP contribution in [-0.4, -0.2) is 48.4 Å². The van der Waals surface area contributed by atoms with Crippen molar-refractivity contribution in [3.05, 3.63) is 35.9 Å². The Morgan fingerprint density at radius 3 is 2.54 bits per heavy atom. The molecule has 132 valence electrons. The van der Waals surface area contributed by atoms with Crippen LogP contribution in [0.15, 0.2) is 30.3 Å². The molecule has 1 aromatic carbocycles. The van der Waals surface area contributed by atoms with Crippen LogP contribution < -0.4 is 0 Å². The molecule has 0 aromatic heterocycles. The van der Waals surface area contributed by atoms with Crippen LogP contribution in [0.3, 0.4) is 0 Å². The van der Waals surface area contributed by atoms with Crippen LogP contribution in [0.2, 0.25) is 0 Å². The summed E-state index contributed by atoms with van der Waals surface area (Å²) in [6.07, 6.45) is 9.10. The van der Waals surface area contributed by atoms with E-state index < -0.39 is 0 Å². The summed E-state index contributed by atoms with van der Waals surface area (Å²) in [6.45, 7) is 5.79. The number of amides is 1. The topological polar surface area (TPSA) is 23.6 Å². The number of carbonyl (C=O) groups is 1. The molecular formula is C21H32N2O. The Morgan fingerprint density at radius 1 is 0.958 bits per heavy atom. The number of aryl methyl sites for hydroxylation is 1. The van der Waals surface area contributed by atoms with E-state index in [1.807, 2.05) is 6.07 Å². The lowest BCUT2D eigenvalue weighted by atomic mass is 10.0. The van der Waals surface area contributed by atoms with E-state index in [1.54, 1.807) is 0 Å². The Labute approximate surface area is 147 Å². The standard InChI is InChI=1S/C21H32N2O/c24-21(12-6-10-19-8-2-1-3-9-19)23-16-7-11-20(13-17-23)18-22-14-4-5-15-22/h1-3,8-9,20H,4-7,10-18H2. The zero-order chi connectivity index (χ0) is 16.6. The maximum Gasteiger partial charge on any atom is 0.222 e. The van der Waals surface area contributed by atoms with E-state index in [2.05, 4.69) is 34.1 Å². The van der Waals surface area contributed by atoms with Gasteiger partial charge in [-0.05, 0) is 69.5 Å². The van der Waals surface area contributed by atoms with Crippen molar-refractivity contribution >= 4 is 5.91 Å². The molecule has 1 unspecified atom stereocenters. The van der Waals surface area contributed by atoms with Crippen LogP contribution in [0.5, 0.6) is 0 Å². The second-order valence-corrected chi connectivity index (χ2v) is 7.52. The third-order valence-corrected chi connectivity index (χ3v) is 5.61. The molecule has 3 rings (SSSR count). The lowest BCUT2D eigenvalue weighted by molar-refractivity contribution is -0.131. The summed E-state index contributed by atoms with van der Waals surface area (Å²) in [4.78, 5) is 17.3. The first-order chi connectivity index (χ1) is 11.8. The van der Waals surface area contributed by atoms with Crippen LogP contribution in [0.25, 0.3) is 0 Å². The van der Waals surface area contributed by atoms with Crippen molar-refractivity contribution in [2.75, 3.05) is 32.7 Å². The van der Waals surface area contributed by atoms with E-state index in [0.29, 0.717) is 12.3 Å². The van der Waals surface area contributed by atoms with Gasteiger partial charge in [-0.3, -0.25) is 4.79 Å². The SMILES string of the molecule is O=C(CCCc1ccccc1)N1CCCC(CN2CCCC2)CC1. The second-order valence-electron chi connectivity index (χ2n) is 7.52. The molecule has 24 heavy (non-hydrogen) atoms. The van der Waals surface area contributed by atoms with Gasteiger partial charge in [0, 0.05) is 26.1 Å². The van der Waals surface area contributed by atoms with Gasteiger partial charge in [0.2, 0.25) is 5.91 Å². The highest BCUT2D eigenvalue weighted by molar-refractivity contribution is 5.76. The fourth-order valence-corrected chi connectivity index (χ4v) is 4.17. The Kier molecular flexibility index (Phi) is 6.71. The zero-order valence-corrected chi connectivity index (χ0v) is 15.0. The number of carbonyl (C=O) groups excluding carboxylic acids is 1. The van der Waals surface area contributed by atoms with Gasteiger partial charge in [0.05, 0.1) is 0 Å². The van der Waals surface area contributed by atoms with Gasteiger partial charge in [0.15, 0.2) is 0 Å². The van der Waals surface area contributed by atoms with Crippen molar-refractivity contribution in [2.45, 2.75) is 51.4 Å². The molecule has 2 saturated heterocycles. The Morgan fingerprint density at radius 2 is 1.75 bits per heavy atom. The van der Waals surface area contributed by atoms with Crippen molar-refractivity contribution in [2.24, 2.45) is 5.92 Å². The summed E-state index contributed by atoms with van der Waals surface area (Å²) < 4.78 is 0. The highest BCUT2D eigenvalue weighted by Gasteiger charge is 2.23. The average molecular weight is 329 g/mol. The van der Waals surface area contributed by atoms with Crippen LogP contribution in [0, 0.1) is 5.92 Å². The third kappa shape index (κ3) is 5.34. The molecule has 3 nitrogen and oxygen atoms in total. The van der Waals surface area contributed by atoms with E-state index in [0.717, 1.165) is 31.8 Å². The van der Waals surface area contributed by atoms with Gasteiger partial charge in [-0.2, -0.15) is 0 Å². The molecule has 0 radical (unpaired) electrons. The van der Waals surface area contributed by atoms with E-state index in [4.69, 9.17) is 0 Å². The molecule has 1 amide bonds. The molecule has 0 spiro atoms. The Bertz CT molecular complexity index is 496. The predicted molar refractivity (Wildman–Crippen MR) is 99.0 cm³/mol. The first kappa shape index (κ1) is 17.5. The molecule has 2 fully saturated rings. The van der Waals surface area contributed by atoms with Gasteiger partial charge < -0.3 is 9.80 Å². The predicted octanol–water partition coefficient (Wildman–Crippen LogP) is 3.73. The second kappa shape index (κ2) is 9.22. The minimum atomic E-state index is 0.368. The molecule has 1 aromatic rings. The van der Waals surface area contributed by atoms with E-state index in [9.17, 15) is 4.79 Å². The molecule has 1 atom stereocenters. The van der Waals surface area contributed by atoms with Gasteiger partial charge in [-0.15, -0.1) is 0 Å². The summed E-state index contributed by atoms with van der Waals surface area (Å²) >= 11 is 0. The van der Waals surface area contributed by atoms with Crippen LogP contribution in [0.1, 0.15) is 50.5 Å². The molecular weight excluding hydrogens is 296 g/mol. The summed E-state index contributed by atoms with van der Waals surface area (Å²) in [5.74, 6) is 1.16. The van der Waals surface area contributed by atoms with Crippen molar-refractivity contribution in [3.8, 4) is 0 Å². The third-order valence-electron chi connectivity index (χ3n) is 5.61. The van der Waals surface area contributed by atoms with Crippen LogP contribution in [0.4, 0.5) is 0 Å². The van der Waals surface area contributed by atoms with Gasteiger partial charge >= 0.3 is 0 Å². The highest BCUT2D eigenvalue weighted by atomic mass is 16.2. The van der Waals surface area contributed by atoms with Crippen molar-refractivity contribution in [3.63, 3.8) is 0 Å². The van der Waals surface area contributed by atoms with Gasteiger partial charge in [0.25, 0.3) is 0 Å². The van der Waals surface area contributed by atoms with E-state index >= 15 is 0 Å². The van der Waals surface area contributed by atoms with Crippen LogP contribution in [-0.2, 0) is 11.2 Å². The Hall–Kier alpha value is -1.35. The number of nitrogens with zero attached hydrogens (tertiary/aromatic N) is 2. The van der Waals surface area contributed by atoms with Crippen molar-refractivity contribution in [1.82, 2.24) is 9.80 Å². The summed E-state index contributed by atoms with van der Waals surface area (Å²) in [5.41, 5.74) is 1.34. The summed E-state index contributed by atoms with van der Waals surface area (Å²) in [5, 5.41) is 0. The van der Waals surface area contributed by atoms with Crippen molar-refractivity contribution in [1.29, 1.82) is 0 Å². The zero-order valence-electron chi connectivity index (χ0n) is 15.0. The molecule has 0 aliphatic carbocycles. The van der Waals surface area contributed by atoms with E-state index in [1.165, 1.54) is 57.3 Å². The lowest BCUT2D eigenvalue weighted by Crippen LogP contribution is -2.32. The monoisotopic (exact) mass is 328 g/mol. The quantitative estimate of drug-likeness (QED) is 0.794. The maximum atomic E-state index is 12.5. The van der Waals surface area contributed by atoms with Gasteiger partial charge in [0.1, 0.15) is 0 Å². The molecule has 2 heterocycles. The minimum absolute atomic E-state index is 0.368. The smallest absolute Gasteiger partial charge is 0.222 e. The van der Waals surface area contributed by atoms with E-state index in [-0.39, 0.29) is 0 Å². The fourth-order valence-electron chi connectivity index (χ4n) is 4.17. The molecule has 0 bridgehead atoms. The molecule has 2 aliphatic heterocycles. The fraction of sp³-hybridized carbons (Fsp3) is 0.667. The maximum absolute atomic E-state index is 12.5. The van der Waals surface area contributed by atoms with Crippen molar-refractivity contribution < 1.29 is 4.79 Å². The number of hydrogen-bond donors (Lipinski definition) is 0.